The highest BCUT2D eigenvalue weighted by Gasteiger charge is 2.19. The third-order valence-corrected chi connectivity index (χ3v) is 5.90. The van der Waals surface area contributed by atoms with Crippen molar-refractivity contribution in [3.63, 3.8) is 0 Å². The van der Waals surface area contributed by atoms with Gasteiger partial charge in [-0.25, -0.2) is 15.0 Å². The van der Waals surface area contributed by atoms with E-state index < -0.39 is 0 Å². The van der Waals surface area contributed by atoms with Crippen molar-refractivity contribution in [1.29, 1.82) is 0 Å². The van der Waals surface area contributed by atoms with Gasteiger partial charge in [-0.2, -0.15) is 0 Å². The second-order valence-corrected chi connectivity index (χ2v) is 7.65. The summed E-state index contributed by atoms with van der Waals surface area (Å²) in [5.74, 6) is 0.369. The van der Waals surface area contributed by atoms with Gasteiger partial charge in [0.2, 0.25) is 5.71 Å². The fourth-order valence-corrected chi connectivity index (χ4v) is 4.37. The first-order valence-electron chi connectivity index (χ1n) is 9.06. The van der Waals surface area contributed by atoms with Crippen LogP contribution in [0.1, 0.15) is 34.5 Å². The summed E-state index contributed by atoms with van der Waals surface area (Å²) in [6.45, 7) is 0. The highest BCUT2D eigenvalue weighted by atomic mass is 32.2. The molecule has 1 aliphatic carbocycles. The summed E-state index contributed by atoms with van der Waals surface area (Å²) >= 11 is 1.38. The molecule has 0 N–H and O–H groups in total. The Morgan fingerprint density at radius 2 is 1.96 bits per heavy atom. The summed E-state index contributed by atoms with van der Waals surface area (Å²) in [5, 5.41) is 1.62. The highest BCUT2D eigenvalue weighted by Crippen LogP contribution is 2.34. The van der Waals surface area contributed by atoms with Gasteiger partial charge in [-0.3, -0.25) is 4.79 Å². The van der Waals surface area contributed by atoms with Crippen LogP contribution < -0.4 is 0 Å². The maximum Gasteiger partial charge on any atom is 0.229 e. The molecule has 0 saturated heterocycles. The molecule has 6 heteroatoms. The Labute approximate surface area is 160 Å². The van der Waals surface area contributed by atoms with E-state index in [0.29, 0.717) is 27.6 Å². The molecule has 27 heavy (non-hydrogen) atoms. The van der Waals surface area contributed by atoms with Gasteiger partial charge in [0, 0.05) is 11.3 Å². The van der Waals surface area contributed by atoms with Crippen molar-refractivity contribution in [1.82, 2.24) is 15.0 Å². The van der Waals surface area contributed by atoms with Crippen LogP contribution in [0.15, 0.2) is 52.2 Å². The minimum atomic E-state index is 0.0667. The smallest absolute Gasteiger partial charge is 0.229 e. The Morgan fingerprint density at radius 3 is 2.85 bits per heavy atom. The van der Waals surface area contributed by atoms with Gasteiger partial charge >= 0.3 is 0 Å². The monoisotopic (exact) mass is 375 g/mol. The molecule has 3 aromatic heterocycles. The summed E-state index contributed by atoms with van der Waals surface area (Å²) in [6.07, 6.45) is 5.97. The van der Waals surface area contributed by atoms with Gasteiger partial charge in [0.15, 0.2) is 11.4 Å². The van der Waals surface area contributed by atoms with Crippen molar-refractivity contribution < 1.29 is 9.21 Å². The lowest BCUT2D eigenvalue weighted by Crippen LogP contribution is -2.04. The fourth-order valence-electron chi connectivity index (χ4n) is 3.54. The topological polar surface area (TPSA) is 68.9 Å². The third-order valence-electron chi connectivity index (χ3n) is 4.93. The summed E-state index contributed by atoms with van der Waals surface area (Å²) < 4.78 is 6.02. The summed E-state index contributed by atoms with van der Waals surface area (Å²) in [5.41, 5.74) is 5.14. The molecular weight excluding hydrogens is 358 g/mol. The van der Waals surface area contributed by atoms with E-state index in [1.807, 2.05) is 30.3 Å². The van der Waals surface area contributed by atoms with Gasteiger partial charge in [0.05, 0.1) is 11.1 Å². The molecule has 0 spiro atoms. The molecule has 5 rings (SSSR count). The Hall–Kier alpha value is -2.73. The van der Waals surface area contributed by atoms with Crippen molar-refractivity contribution >= 4 is 39.7 Å². The highest BCUT2D eigenvalue weighted by molar-refractivity contribution is 8.00. The fraction of sp³-hybridized carbons (Fsp3) is 0.238. The van der Waals surface area contributed by atoms with Crippen molar-refractivity contribution in [3.8, 4) is 0 Å². The maximum absolute atomic E-state index is 12.4. The van der Waals surface area contributed by atoms with Gasteiger partial charge < -0.3 is 4.42 Å². The summed E-state index contributed by atoms with van der Waals surface area (Å²) in [4.78, 5) is 25.9. The number of furan rings is 1. The van der Waals surface area contributed by atoms with Crippen molar-refractivity contribution in [2.75, 3.05) is 5.75 Å². The number of carbonyl (C=O) groups excluding carboxylic acids is 1. The lowest BCUT2D eigenvalue weighted by atomic mass is 9.95. The number of nitrogens with zero attached hydrogens (tertiary/aromatic N) is 3. The zero-order valence-corrected chi connectivity index (χ0v) is 15.5. The van der Waals surface area contributed by atoms with Crippen molar-refractivity contribution in [2.45, 2.75) is 30.7 Å². The molecule has 1 aromatic carbocycles. The molecule has 3 heterocycles. The van der Waals surface area contributed by atoms with Crippen LogP contribution in [-0.2, 0) is 12.8 Å². The first-order chi connectivity index (χ1) is 13.3. The third kappa shape index (κ3) is 3.00. The number of aryl methyl sites for hydroxylation is 2. The Balaban J connectivity index is 1.50. The number of Topliss-reactive ketones (excluding diaryl/α,β-unsaturated/α-hetero) is 1. The first kappa shape index (κ1) is 16.4. The molecule has 0 saturated carbocycles. The summed E-state index contributed by atoms with van der Waals surface area (Å²) in [6, 6.07) is 11.5. The summed E-state index contributed by atoms with van der Waals surface area (Å²) in [7, 11) is 0. The van der Waals surface area contributed by atoms with Gasteiger partial charge in [0.25, 0.3) is 0 Å². The number of aromatic nitrogens is 3. The molecule has 5 nitrogen and oxygen atoms in total. The number of hydrogen-bond donors (Lipinski definition) is 0. The molecular formula is C21H17N3O2S. The SMILES string of the molecule is O=C(CSc1ncnc2c1oc1nc3c(cc12)CCCC3)c1ccccc1. The van der Waals surface area contributed by atoms with E-state index in [1.54, 1.807) is 0 Å². The van der Waals surface area contributed by atoms with Crippen molar-refractivity contribution in [2.24, 2.45) is 0 Å². The van der Waals surface area contributed by atoms with Crippen LogP contribution >= 0.6 is 11.8 Å². The predicted molar refractivity (Wildman–Crippen MR) is 105 cm³/mol. The normalized spacial score (nSPS) is 13.8. The second kappa shape index (κ2) is 6.78. The van der Waals surface area contributed by atoms with E-state index in [-0.39, 0.29) is 5.78 Å². The van der Waals surface area contributed by atoms with E-state index in [4.69, 9.17) is 9.40 Å². The van der Waals surface area contributed by atoms with Crippen LogP contribution in [0.3, 0.4) is 0 Å². The largest absolute Gasteiger partial charge is 0.433 e. The number of rotatable bonds is 4. The van der Waals surface area contributed by atoms with Crippen molar-refractivity contribution in [3.05, 3.63) is 59.5 Å². The van der Waals surface area contributed by atoms with Crippen LogP contribution in [0.5, 0.6) is 0 Å². The molecule has 0 fully saturated rings. The van der Waals surface area contributed by atoms with Gasteiger partial charge in [-0.05, 0) is 37.3 Å². The molecule has 0 bridgehead atoms. The maximum atomic E-state index is 12.4. The standard InChI is InChI=1S/C21H17N3O2S/c25-17(13-6-2-1-3-7-13)11-27-21-19-18(22-12-23-21)15-10-14-8-4-5-9-16(14)24-20(15)26-19/h1-3,6-7,10,12H,4-5,8-9,11H2. The van der Waals surface area contributed by atoms with E-state index in [0.717, 1.165) is 29.4 Å². The molecule has 0 unspecified atom stereocenters. The van der Waals surface area contributed by atoms with E-state index in [2.05, 4.69) is 16.0 Å². The number of thioether (sulfide) groups is 1. The second-order valence-electron chi connectivity index (χ2n) is 6.69. The average Bonchev–Trinajstić information content (AvgIpc) is 3.09. The number of carbonyl (C=O) groups is 1. The number of benzene rings is 1. The Bertz CT molecular complexity index is 1150. The predicted octanol–water partition coefficient (Wildman–Crippen LogP) is 4.62. The molecule has 0 atom stereocenters. The molecule has 134 valence electrons. The van der Waals surface area contributed by atoms with Crippen LogP contribution in [0.25, 0.3) is 22.2 Å². The molecule has 0 radical (unpaired) electrons. The number of pyridine rings is 1. The van der Waals surface area contributed by atoms with Gasteiger partial charge in [-0.1, -0.05) is 42.1 Å². The molecule has 0 aliphatic heterocycles. The quantitative estimate of drug-likeness (QED) is 0.294. The zero-order valence-electron chi connectivity index (χ0n) is 14.6. The lowest BCUT2D eigenvalue weighted by molar-refractivity contribution is 0.102. The van der Waals surface area contributed by atoms with E-state index in [9.17, 15) is 4.79 Å². The van der Waals surface area contributed by atoms with Crippen LogP contribution in [0, 0.1) is 0 Å². The Morgan fingerprint density at radius 1 is 1.11 bits per heavy atom. The molecule has 1 aliphatic rings. The minimum Gasteiger partial charge on any atom is -0.433 e. The number of ketones is 1. The van der Waals surface area contributed by atoms with E-state index >= 15 is 0 Å². The average molecular weight is 375 g/mol. The van der Waals surface area contributed by atoms with Gasteiger partial charge in [0.1, 0.15) is 16.9 Å². The number of hydrogen-bond acceptors (Lipinski definition) is 6. The zero-order chi connectivity index (χ0) is 18.2. The first-order valence-corrected chi connectivity index (χ1v) is 10.1. The van der Waals surface area contributed by atoms with Crippen LogP contribution in [0.2, 0.25) is 0 Å². The number of fused-ring (bicyclic) bond motifs is 4. The molecule has 0 amide bonds. The Kier molecular flexibility index (Phi) is 4.13. The van der Waals surface area contributed by atoms with E-state index in [1.165, 1.54) is 36.5 Å². The lowest BCUT2D eigenvalue weighted by Gasteiger charge is -2.13. The van der Waals surface area contributed by atoms with Crippen LogP contribution in [0.4, 0.5) is 0 Å². The molecule has 4 aromatic rings. The minimum absolute atomic E-state index is 0.0667. The van der Waals surface area contributed by atoms with Crippen LogP contribution in [-0.4, -0.2) is 26.5 Å². The van der Waals surface area contributed by atoms with Gasteiger partial charge in [-0.15, -0.1) is 0 Å².